The molecule has 4 aromatic rings. The van der Waals surface area contributed by atoms with E-state index in [0.717, 1.165) is 16.7 Å². The maximum absolute atomic E-state index is 12.8. The van der Waals surface area contributed by atoms with Crippen LogP contribution in [0.1, 0.15) is 27.4 Å². The van der Waals surface area contributed by atoms with Crippen molar-refractivity contribution in [3.05, 3.63) is 95.4 Å². The zero-order valence-corrected chi connectivity index (χ0v) is 19.2. The first-order valence-electron chi connectivity index (χ1n) is 10.3. The van der Waals surface area contributed by atoms with Crippen LogP contribution in [0.5, 0.6) is 0 Å². The van der Waals surface area contributed by atoms with E-state index in [-0.39, 0.29) is 10.6 Å². The van der Waals surface area contributed by atoms with Crippen molar-refractivity contribution in [2.24, 2.45) is 0 Å². The van der Waals surface area contributed by atoms with Crippen molar-refractivity contribution in [1.82, 2.24) is 4.98 Å². The van der Waals surface area contributed by atoms with Crippen LogP contribution in [0.15, 0.2) is 82.1 Å². The minimum atomic E-state index is -3.78. The Bertz CT molecular complexity index is 1390. The van der Waals surface area contributed by atoms with E-state index in [9.17, 15) is 13.2 Å². The number of para-hydroxylation sites is 1. The second-order valence-corrected chi connectivity index (χ2v) is 9.32. The molecule has 3 aromatic carbocycles. The maximum atomic E-state index is 12.8. The summed E-state index contributed by atoms with van der Waals surface area (Å²) in [5.41, 5.74) is 3.61. The highest BCUT2D eigenvalue weighted by atomic mass is 32.2. The molecule has 0 aliphatic heterocycles. The van der Waals surface area contributed by atoms with E-state index in [2.05, 4.69) is 15.0 Å². The number of aryl methyl sites for hydroxylation is 3. The van der Waals surface area contributed by atoms with Gasteiger partial charge >= 0.3 is 0 Å². The number of carbonyl (C=O) groups excluding carboxylic acids is 1. The Morgan fingerprint density at radius 1 is 0.848 bits per heavy atom. The highest BCUT2D eigenvalue weighted by Gasteiger charge is 2.20. The molecule has 0 spiro atoms. The number of anilines is 2. The van der Waals surface area contributed by atoms with Crippen LogP contribution in [0.3, 0.4) is 0 Å². The molecule has 0 unspecified atom stereocenters. The Hall–Kier alpha value is -3.91. The third-order valence-corrected chi connectivity index (χ3v) is 6.54. The van der Waals surface area contributed by atoms with E-state index in [4.69, 9.17) is 4.42 Å². The van der Waals surface area contributed by atoms with E-state index in [1.807, 2.05) is 62.4 Å². The summed E-state index contributed by atoms with van der Waals surface area (Å²) in [5, 5.41) is 2.73. The van der Waals surface area contributed by atoms with Crippen LogP contribution in [-0.2, 0) is 10.0 Å². The van der Waals surface area contributed by atoms with Crippen LogP contribution in [0.25, 0.3) is 11.5 Å². The summed E-state index contributed by atoms with van der Waals surface area (Å²) in [6.45, 7) is 5.36. The summed E-state index contributed by atoms with van der Waals surface area (Å²) in [7, 11) is -3.78. The minimum absolute atomic E-state index is 0.0899. The zero-order valence-electron chi connectivity index (χ0n) is 18.4. The third-order valence-electron chi connectivity index (χ3n) is 5.17. The normalized spacial score (nSPS) is 11.2. The van der Waals surface area contributed by atoms with Gasteiger partial charge in [0.2, 0.25) is 5.89 Å². The number of oxazole rings is 1. The second-order valence-electron chi connectivity index (χ2n) is 7.64. The van der Waals surface area contributed by atoms with Gasteiger partial charge in [0.1, 0.15) is 5.76 Å². The van der Waals surface area contributed by atoms with Gasteiger partial charge in [0.25, 0.3) is 15.9 Å². The van der Waals surface area contributed by atoms with Crippen molar-refractivity contribution in [2.45, 2.75) is 25.7 Å². The van der Waals surface area contributed by atoms with Gasteiger partial charge in [-0.15, -0.1) is 0 Å². The van der Waals surface area contributed by atoms with E-state index in [0.29, 0.717) is 23.0 Å². The molecule has 1 aromatic heterocycles. The molecule has 0 atom stereocenters. The largest absolute Gasteiger partial charge is 0.441 e. The lowest BCUT2D eigenvalue weighted by Crippen LogP contribution is -2.16. The number of amides is 1. The molecule has 0 bridgehead atoms. The van der Waals surface area contributed by atoms with E-state index < -0.39 is 15.9 Å². The third kappa shape index (κ3) is 4.80. The van der Waals surface area contributed by atoms with Crippen molar-refractivity contribution in [1.29, 1.82) is 0 Å². The predicted octanol–water partition coefficient (Wildman–Crippen LogP) is 5.32. The molecule has 0 radical (unpaired) electrons. The number of hydrogen-bond acceptors (Lipinski definition) is 5. The summed E-state index contributed by atoms with van der Waals surface area (Å²) in [6.07, 6.45) is 0. The summed E-state index contributed by atoms with van der Waals surface area (Å²) in [4.78, 5) is 17.1. The molecule has 7 nitrogen and oxygen atoms in total. The topological polar surface area (TPSA) is 101 Å². The average molecular weight is 462 g/mol. The molecule has 1 amide bonds. The van der Waals surface area contributed by atoms with Crippen LogP contribution in [0.2, 0.25) is 0 Å². The minimum Gasteiger partial charge on any atom is -0.441 e. The standard InChI is InChI=1S/C25H23N3O4S/c1-16-8-7-9-17(2)22(16)28-33(30,31)21-14-12-20(13-15-21)26-24(29)23-18(3)32-25(27-23)19-10-5-4-6-11-19/h4-15,28H,1-3H3,(H,26,29). The van der Waals surface area contributed by atoms with Gasteiger partial charge in [-0.2, -0.15) is 0 Å². The van der Waals surface area contributed by atoms with E-state index >= 15 is 0 Å². The van der Waals surface area contributed by atoms with Crippen molar-refractivity contribution in [3.63, 3.8) is 0 Å². The van der Waals surface area contributed by atoms with Gasteiger partial charge < -0.3 is 9.73 Å². The molecule has 0 aliphatic carbocycles. The molecule has 0 saturated heterocycles. The smallest absolute Gasteiger partial charge is 0.277 e. The molecule has 1 heterocycles. The number of rotatable bonds is 6. The predicted molar refractivity (Wildman–Crippen MR) is 128 cm³/mol. The SMILES string of the molecule is Cc1cccc(C)c1NS(=O)(=O)c1ccc(NC(=O)c2nc(-c3ccccc3)oc2C)cc1. The van der Waals surface area contributed by atoms with Crippen LogP contribution < -0.4 is 10.0 Å². The first-order valence-corrected chi connectivity index (χ1v) is 11.8. The Kier molecular flexibility index (Phi) is 6.02. The number of hydrogen-bond donors (Lipinski definition) is 2. The summed E-state index contributed by atoms with van der Waals surface area (Å²) in [5.74, 6) is 0.309. The Morgan fingerprint density at radius 3 is 2.12 bits per heavy atom. The van der Waals surface area contributed by atoms with Crippen molar-refractivity contribution >= 4 is 27.3 Å². The van der Waals surface area contributed by atoms with Gasteiger partial charge in [0.15, 0.2) is 5.69 Å². The Balaban J connectivity index is 1.50. The molecule has 2 N–H and O–H groups in total. The molecule has 0 fully saturated rings. The summed E-state index contributed by atoms with van der Waals surface area (Å²) < 4.78 is 33.9. The number of aromatic nitrogens is 1. The lowest BCUT2D eigenvalue weighted by Gasteiger charge is -2.13. The van der Waals surface area contributed by atoms with Crippen LogP contribution in [0, 0.1) is 20.8 Å². The van der Waals surface area contributed by atoms with Crippen LogP contribution >= 0.6 is 0 Å². The highest BCUT2D eigenvalue weighted by molar-refractivity contribution is 7.92. The lowest BCUT2D eigenvalue weighted by atomic mass is 10.1. The molecule has 168 valence electrons. The van der Waals surface area contributed by atoms with E-state index in [1.54, 1.807) is 6.92 Å². The first kappa shape index (κ1) is 22.3. The van der Waals surface area contributed by atoms with Gasteiger partial charge in [-0.3, -0.25) is 9.52 Å². The van der Waals surface area contributed by atoms with Gasteiger partial charge in [0, 0.05) is 11.3 Å². The van der Waals surface area contributed by atoms with Crippen LogP contribution in [-0.4, -0.2) is 19.3 Å². The van der Waals surface area contributed by atoms with Gasteiger partial charge in [-0.1, -0.05) is 36.4 Å². The number of nitrogens with one attached hydrogen (secondary N) is 2. The Labute approximate surface area is 192 Å². The zero-order chi connectivity index (χ0) is 23.6. The van der Waals surface area contributed by atoms with Crippen molar-refractivity contribution < 1.29 is 17.6 Å². The maximum Gasteiger partial charge on any atom is 0.277 e. The lowest BCUT2D eigenvalue weighted by molar-refractivity contribution is 0.102. The first-order chi connectivity index (χ1) is 15.7. The molecule has 33 heavy (non-hydrogen) atoms. The Morgan fingerprint density at radius 2 is 1.48 bits per heavy atom. The van der Waals surface area contributed by atoms with Crippen molar-refractivity contribution in [2.75, 3.05) is 10.0 Å². The number of nitrogens with zero attached hydrogens (tertiary/aromatic N) is 1. The summed E-state index contributed by atoms with van der Waals surface area (Å²) >= 11 is 0. The number of carbonyl (C=O) groups is 1. The van der Waals surface area contributed by atoms with Crippen LogP contribution in [0.4, 0.5) is 11.4 Å². The number of sulfonamides is 1. The van der Waals surface area contributed by atoms with Gasteiger partial charge in [0.05, 0.1) is 10.6 Å². The second kappa shape index (κ2) is 8.91. The molecular formula is C25H23N3O4S. The molecule has 0 saturated carbocycles. The van der Waals surface area contributed by atoms with Gasteiger partial charge in [-0.05, 0) is 68.3 Å². The summed E-state index contributed by atoms with van der Waals surface area (Å²) in [6, 6.07) is 20.8. The molecular weight excluding hydrogens is 438 g/mol. The fraction of sp³-hybridized carbons (Fsp3) is 0.120. The molecule has 8 heteroatoms. The molecule has 0 aliphatic rings. The highest BCUT2D eigenvalue weighted by Crippen LogP contribution is 2.25. The van der Waals surface area contributed by atoms with Gasteiger partial charge in [-0.25, -0.2) is 13.4 Å². The number of benzene rings is 3. The fourth-order valence-corrected chi connectivity index (χ4v) is 4.59. The fourth-order valence-electron chi connectivity index (χ4n) is 3.39. The molecule has 4 rings (SSSR count). The van der Waals surface area contributed by atoms with E-state index in [1.165, 1.54) is 24.3 Å². The average Bonchev–Trinajstić information content (AvgIpc) is 3.19. The van der Waals surface area contributed by atoms with Crippen molar-refractivity contribution in [3.8, 4) is 11.5 Å². The quantitative estimate of drug-likeness (QED) is 0.405. The monoisotopic (exact) mass is 461 g/mol.